The maximum atomic E-state index is 12.4. The van der Waals surface area contributed by atoms with E-state index in [1.54, 1.807) is 0 Å². The molecule has 1 saturated carbocycles. The summed E-state index contributed by atoms with van der Waals surface area (Å²) in [5.41, 5.74) is 2.11. The highest BCUT2D eigenvalue weighted by atomic mass is 16.1. The summed E-state index contributed by atoms with van der Waals surface area (Å²) in [6, 6.07) is 8.69. The van der Waals surface area contributed by atoms with Crippen LogP contribution < -0.4 is 15.5 Å². The van der Waals surface area contributed by atoms with Crippen LogP contribution in [0.4, 0.5) is 11.4 Å². The van der Waals surface area contributed by atoms with Crippen molar-refractivity contribution in [3.8, 4) is 0 Å². The Labute approximate surface area is 146 Å². The Kier molecular flexibility index (Phi) is 6.13. The highest BCUT2D eigenvalue weighted by molar-refractivity contribution is 5.95. The van der Waals surface area contributed by atoms with Crippen LogP contribution in [0.25, 0.3) is 0 Å². The SMILES string of the molecule is C[C@H]1CCCC[C@H]1NCC(=O)Nc1ccccc1N1CCCCC1. The lowest BCUT2D eigenvalue weighted by Crippen LogP contribution is -2.41. The van der Waals surface area contributed by atoms with E-state index in [-0.39, 0.29) is 5.91 Å². The molecule has 4 heteroatoms. The number of hydrogen-bond donors (Lipinski definition) is 2. The molecule has 3 rings (SSSR count). The summed E-state index contributed by atoms with van der Waals surface area (Å²) in [4.78, 5) is 14.8. The van der Waals surface area contributed by atoms with Gasteiger partial charge in [0.1, 0.15) is 0 Å². The number of rotatable bonds is 5. The van der Waals surface area contributed by atoms with Gasteiger partial charge in [0.2, 0.25) is 5.91 Å². The first kappa shape index (κ1) is 17.3. The number of benzene rings is 1. The summed E-state index contributed by atoms with van der Waals surface area (Å²) < 4.78 is 0. The van der Waals surface area contributed by atoms with Crippen molar-refractivity contribution in [1.29, 1.82) is 0 Å². The third-order valence-corrected chi connectivity index (χ3v) is 5.51. The summed E-state index contributed by atoms with van der Waals surface area (Å²) in [6.45, 7) is 4.87. The van der Waals surface area contributed by atoms with Crippen molar-refractivity contribution in [3.63, 3.8) is 0 Å². The molecule has 1 aromatic carbocycles. The van der Waals surface area contributed by atoms with E-state index in [0.29, 0.717) is 18.5 Å². The molecule has 0 spiro atoms. The number of piperidine rings is 1. The lowest BCUT2D eigenvalue weighted by atomic mass is 9.86. The molecule has 1 amide bonds. The minimum Gasteiger partial charge on any atom is -0.370 e. The van der Waals surface area contributed by atoms with Crippen molar-refractivity contribution >= 4 is 17.3 Å². The maximum Gasteiger partial charge on any atom is 0.238 e. The van der Waals surface area contributed by atoms with Crippen LogP contribution in [0.3, 0.4) is 0 Å². The van der Waals surface area contributed by atoms with E-state index in [4.69, 9.17) is 0 Å². The molecule has 1 heterocycles. The largest absolute Gasteiger partial charge is 0.370 e. The van der Waals surface area contributed by atoms with Crippen LogP contribution in [-0.2, 0) is 4.79 Å². The first-order chi connectivity index (χ1) is 11.7. The van der Waals surface area contributed by atoms with Crippen LogP contribution in [0.5, 0.6) is 0 Å². The summed E-state index contributed by atoms with van der Waals surface area (Å²) in [5.74, 6) is 0.740. The third-order valence-electron chi connectivity index (χ3n) is 5.51. The van der Waals surface area contributed by atoms with Crippen molar-refractivity contribution in [2.75, 3.05) is 29.9 Å². The van der Waals surface area contributed by atoms with E-state index < -0.39 is 0 Å². The van der Waals surface area contributed by atoms with E-state index >= 15 is 0 Å². The van der Waals surface area contributed by atoms with Crippen LogP contribution in [0.15, 0.2) is 24.3 Å². The molecule has 2 aliphatic rings. The second-order valence-corrected chi connectivity index (χ2v) is 7.36. The average molecular weight is 329 g/mol. The molecule has 24 heavy (non-hydrogen) atoms. The molecular formula is C20H31N3O. The highest BCUT2D eigenvalue weighted by Gasteiger charge is 2.21. The molecule has 1 saturated heterocycles. The monoisotopic (exact) mass is 329 g/mol. The van der Waals surface area contributed by atoms with Gasteiger partial charge in [0.15, 0.2) is 0 Å². The number of amides is 1. The van der Waals surface area contributed by atoms with Gasteiger partial charge < -0.3 is 15.5 Å². The molecule has 0 bridgehead atoms. The molecule has 1 aliphatic heterocycles. The number of carbonyl (C=O) groups excluding carboxylic acids is 1. The van der Waals surface area contributed by atoms with Gasteiger partial charge in [-0.25, -0.2) is 0 Å². The highest BCUT2D eigenvalue weighted by Crippen LogP contribution is 2.28. The quantitative estimate of drug-likeness (QED) is 0.864. The molecule has 0 radical (unpaired) electrons. The first-order valence-electron chi connectivity index (χ1n) is 9.61. The van der Waals surface area contributed by atoms with Gasteiger partial charge in [0.25, 0.3) is 0 Å². The zero-order chi connectivity index (χ0) is 16.8. The van der Waals surface area contributed by atoms with Gasteiger partial charge in [0.05, 0.1) is 17.9 Å². The average Bonchev–Trinajstić information content (AvgIpc) is 2.62. The second-order valence-electron chi connectivity index (χ2n) is 7.36. The first-order valence-corrected chi connectivity index (χ1v) is 9.61. The van der Waals surface area contributed by atoms with Crippen molar-refractivity contribution in [2.45, 2.75) is 57.9 Å². The lowest BCUT2D eigenvalue weighted by molar-refractivity contribution is -0.115. The van der Waals surface area contributed by atoms with Crippen LogP contribution >= 0.6 is 0 Å². The van der Waals surface area contributed by atoms with Gasteiger partial charge in [-0.1, -0.05) is 31.9 Å². The number of nitrogens with zero attached hydrogens (tertiary/aromatic N) is 1. The molecule has 0 aromatic heterocycles. The minimum absolute atomic E-state index is 0.0669. The van der Waals surface area contributed by atoms with E-state index in [1.165, 1.54) is 44.9 Å². The minimum atomic E-state index is 0.0669. The topological polar surface area (TPSA) is 44.4 Å². The third kappa shape index (κ3) is 4.50. The predicted octanol–water partition coefficient (Wildman–Crippen LogP) is 3.78. The van der Waals surface area contributed by atoms with Gasteiger partial charge >= 0.3 is 0 Å². The zero-order valence-electron chi connectivity index (χ0n) is 14.9. The van der Waals surface area contributed by atoms with Crippen LogP contribution in [0, 0.1) is 5.92 Å². The Balaban J connectivity index is 1.56. The zero-order valence-corrected chi connectivity index (χ0v) is 14.9. The van der Waals surface area contributed by atoms with Crippen LogP contribution in [-0.4, -0.2) is 31.6 Å². The number of anilines is 2. The molecule has 2 fully saturated rings. The summed E-state index contributed by atoms with van der Waals surface area (Å²) >= 11 is 0. The van der Waals surface area contributed by atoms with Gasteiger partial charge in [-0.05, 0) is 50.2 Å². The molecule has 0 unspecified atom stereocenters. The molecule has 1 aromatic rings. The molecule has 4 nitrogen and oxygen atoms in total. The Bertz CT molecular complexity index is 539. The molecule has 2 N–H and O–H groups in total. The normalized spacial score (nSPS) is 24.6. The summed E-state index contributed by atoms with van der Waals surface area (Å²) in [6.07, 6.45) is 8.87. The molecule has 2 atom stereocenters. The Hall–Kier alpha value is -1.55. The second kappa shape index (κ2) is 8.52. The van der Waals surface area contributed by atoms with Gasteiger partial charge in [0, 0.05) is 19.1 Å². The van der Waals surface area contributed by atoms with Crippen LogP contribution in [0.1, 0.15) is 51.9 Å². The lowest BCUT2D eigenvalue weighted by Gasteiger charge is -2.31. The Morgan fingerprint density at radius 1 is 1.08 bits per heavy atom. The molecule has 132 valence electrons. The Morgan fingerprint density at radius 3 is 2.62 bits per heavy atom. The Morgan fingerprint density at radius 2 is 1.83 bits per heavy atom. The number of nitrogens with one attached hydrogen (secondary N) is 2. The fourth-order valence-electron chi connectivity index (χ4n) is 4.03. The van der Waals surface area contributed by atoms with Crippen molar-refractivity contribution in [1.82, 2.24) is 5.32 Å². The van der Waals surface area contributed by atoms with E-state index in [0.717, 1.165) is 24.5 Å². The maximum absolute atomic E-state index is 12.4. The predicted molar refractivity (Wildman–Crippen MR) is 101 cm³/mol. The van der Waals surface area contributed by atoms with Gasteiger partial charge in [-0.2, -0.15) is 0 Å². The van der Waals surface area contributed by atoms with Gasteiger partial charge in [-0.3, -0.25) is 4.79 Å². The number of hydrogen-bond acceptors (Lipinski definition) is 3. The molecular weight excluding hydrogens is 298 g/mol. The van der Waals surface area contributed by atoms with E-state index in [1.807, 2.05) is 12.1 Å². The van der Waals surface area contributed by atoms with Crippen molar-refractivity contribution in [2.24, 2.45) is 5.92 Å². The summed E-state index contributed by atoms with van der Waals surface area (Å²) in [7, 11) is 0. The van der Waals surface area contributed by atoms with Crippen LogP contribution in [0.2, 0.25) is 0 Å². The molecule has 1 aliphatic carbocycles. The van der Waals surface area contributed by atoms with E-state index in [2.05, 4.69) is 34.6 Å². The fraction of sp³-hybridized carbons (Fsp3) is 0.650. The fourth-order valence-corrected chi connectivity index (χ4v) is 4.03. The number of carbonyl (C=O) groups is 1. The number of para-hydroxylation sites is 2. The smallest absolute Gasteiger partial charge is 0.238 e. The van der Waals surface area contributed by atoms with E-state index in [9.17, 15) is 4.79 Å². The van der Waals surface area contributed by atoms with Gasteiger partial charge in [-0.15, -0.1) is 0 Å². The summed E-state index contributed by atoms with van der Waals surface area (Å²) in [5, 5.41) is 6.58. The van der Waals surface area contributed by atoms with Crippen molar-refractivity contribution < 1.29 is 4.79 Å². The van der Waals surface area contributed by atoms with Crippen molar-refractivity contribution in [3.05, 3.63) is 24.3 Å². The standard InChI is InChI=1S/C20H31N3O/c1-16-9-3-4-10-17(16)21-15-20(24)22-18-11-5-6-12-19(18)23-13-7-2-8-14-23/h5-6,11-12,16-17,21H,2-4,7-10,13-15H2,1H3,(H,22,24)/t16-,17+/m0/s1.